The van der Waals surface area contributed by atoms with Gasteiger partial charge in [0, 0.05) is 6.04 Å². The van der Waals surface area contributed by atoms with Crippen LogP contribution >= 0.6 is 0 Å². The molecule has 0 spiro atoms. The quantitative estimate of drug-likeness (QED) is 0.652. The average Bonchev–Trinajstić information content (AvgIpc) is 2.56. The molecule has 0 aromatic rings. The highest BCUT2D eigenvalue weighted by Gasteiger charge is 2.21. The maximum atomic E-state index is 5.87. The molecule has 0 radical (unpaired) electrons. The van der Waals surface area contributed by atoms with E-state index >= 15 is 0 Å². The van der Waals surface area contributed by atoms with Crippen molar-refractivity contribution in [2.45, 2.75) is 63.7 Å². The Morgan fingerprint density at radius 1 is 1.21 bits per heavy atom. The van der Waals surface area contributed by atoms with Gasteiger partial charge in [-0.25, -0.2) is 0 Å². The second-order valence-electron chi connectivity index (χ2n) is 4.72. The van der Waals surface area contributed by atoms with Crippen LogP contribution in [-0.4, -0.2) is 18.2 Å². The van der Waals surface area contributed by atoms with Gasteiger partial charge in [-0.2, -0.15) is 0 Å². The smallest absolute Gasteiger partial charge is 0.0763 e. The molecule has 0 aromatic carbocycles. The molecule has 2 nitrogen and oxygen atoms in total. The van der Waals surface area contributed by atoms with Gasteiger partial charge in [0.2, 0.25) is 0 Å². The van der Waals surface area contributed by atoms with E-state index in [1.165, 1.54) is 25.7 Å². The molecule has 1 saturated carbocycles. The summed E-state index contributed by atoms with van der Waals surface area (Å²) in [6.45, 7) is 2.16. The minimum Gasteiger partial charge on any atom is -0.371 e. The molecule has 0 aromatic heterocycles. The Balaban J connectivity index is 1.85. The molecule has 2 unspecified atom stereocenters. The van der Waals surface area contributed by atoms with Crippen molar-refractivity contribution in [3.8, 4) is 0 Å². The molecule has 2 fully saturated rings. The van der Waals surface area contributed by atoms with Gasteiger partial charge in [0.25, 0.3) is 0 Å². The molecule has 1 heterocycles. The molecule has 0 amide bonds. The van der Waals surface area contributed by atoms with Crippen LogP contribution in [0.3, 0.4) is 0 Å². The zero-order chi connectivity index (χ0) is 9.97. The van der Waals surface area contributed by atoms with Crippen LogP contribution in [0.25, 0.3) is 0 Å². The van der Waals surface area contributed by atoms with E-state index in [2.05, 4.69) is 13.0 Å². The average molecular weight is 195 g/mol. The largest absolute Gasteiger partial charge is 0.371 e. The van der Waals surface area contributed by atoms with Crippen molar-refractivity contribution in [2.75, 3.05) is 0 Å². The zero-order valence-electron chi connectivity index (χ0n) is 9.04. The Hall–Kier alpha value is -0.340. The lowest BCUT2D eigenvalue weighted by atomic mass is 9.90. The highest BCUT2D eigenvalue weighted by Crippen LogP contribution is 2.27. The fourth-order valence-electron chi connectivity index (χ4n) is 2.40. The fraction of sp³-hybridized carbons (Fsp3) is 0.833. The lowest BCUT2D eigenvalue weighted by molar-refractivity contribution is 0.0825. The highest BCUT2D eigenvalue weighted by atomic mass is 16.5. The summed E-state index contributed by atoms with van der Waals surface area (Å²) in [5, 5.41) is 0. The lowest BCUT2D eigenvalue weighted by Crippen LogP contribution is -2.23. The monoisotopic (exact) mass is 195 g/mol. The minimum atomic E-state index is 0.398. The van der Waals surface area contributed by atoms with Gasteiger partial charge in [0.1, 0.15) is 0 Å². The van der Waals surface area contributed by atoms with Crippen molar-refractivity contribution in [1.29, 1.82) is 0 Å². The Bertz CT molecular complexity index is 214. The van der Waals surface area contributed by atoms with Crippen molar-refractivity contribution in [2.24, 2.45) is 5.73 Å². The van der Waals surface area contributed by atoms with E-state index in [9.17, 15) is 0 Å². The lowest BCUT2D eigenvalue weighted by Gasteiger charge is -2.21. The number of rotatable bonds is 1. The predicted octanol–water partition coefficient (Wildman–Crippen LogP) is 2.38. The summed E-state index contributed by atoms with van der Waals surface area (Å²) in [5.74, 6) is 0. The fourth-order valence-corrected chi connectivity index (χ4v) is 2.40. The molecule has 1 saturated heterocycles. The van der Waals surface area contributed by atoms with E-state index in [1.807, 2.05) is 0 Å². The van der Waals surface area contributed by atoms with Crippen LogP contribution in [0, 0.1) is 0 Å². The molecule has 0 bridgehead atoms. The summed E-state index contributed by atoms with van der Waals surface area (Å²) < 4.78 is 5.78. The standard InChI is InChI=1S/C12H21NO/c1-9-2-7-12(14-9)8-10-3-5-11(13)6-4-10/h8-9,11-12H,2-7,13H2,1H3. The first kappa shape index (κ1) is 10.2. The van der Waals surface area contributed by atoms with Gasteiger partial charge in [-0.3, -0.25) is 0 Å². The van der Waals surface area contributed by atoms with Crippen LogP contribution in [0.15, 0.2) is 11.6 Å². The van der Waals surface area contributed by atoms with Crippen LogP contribution in [0.1, 0.15) is 45.4 Å². The van der Waals surface area contributed by atoms with Crippen LogP contribution in [0.4, 0.5) is 0 Å². The molecule has 2 heteroatoms. The number of ether oxygens (including phenoxy) is 1. The third-order valence-electron chi connectivity index (χ3n) is 3.36. The Morgan fingerprint density at radius 2 is 1.93 bits per heavy atom. The van der Waals surface area contributed by atoms with Gasteiger partial charge in [0.15, 0.2) is 0 Å². The minimum absolute atomic E-state index is 0.398. The van der Waals surface area contributed by atoms with Crippen molar-refractivity contribution < 1.29 is 4.74 Å². The van der Waals surface area contributed by atoms with Crippen molar-refractivity contribution in [3.63, 3.8) is 0 Å². The first-order valence-corrected chi connectivity index (χ1v) is 5.84. The van der Waals surface area contributed by atoms with Crippen LogP contribution in [0.2, 0.25) is 0 Å². The maximum Gasteiger partial charge on any atom is 0.0763 e. The Kier molecular flexibility index (Phi) is 3.24. The summed E-state index contributed by atoms with van der Waals surface area (Å²) in [7, 11) is 0. The molecule has 80 valence electrons. The number of hydrogen-bond acceptors (Lipinski definition) is 2. The van der Waals surface area contributed by atoms with E-state index in [4.69, 9.17) is 10.5 Å². The molecular weight excluding hydrogens is 174 g/mol. The molecule has 14 heavy (non-hydrogen) atoms. The summed E-state index contributed by atoms with van der Waals surface area (Å²) in [6, 6.07) is 0.440. The molecule has 1 aliphatic carbocycles. The first-order valence-electron chi connectivity index (χ1n) is 5.84. The predicted molar refractivity (Wildman–Crippen MR) is 58.1 cm³/mol. The van der Waals surface area contributed by atoms with Crippen LogP contribution in [0.5, 0.6) is 0 Å². The van der Waals surface area contributed by atoms with E-state index < -0.39 is 0 Å². The maximum absolute atomic E-state index is 5.87. The summed E-state index contributed by atoms with van der Waals surface area (Å²) >= 11 is 0. The summed E-state index contributed by atoms with van der Waals surface area (Å²) in [5.41, 5.74) is 7.44. The zero-order valence-corrected chi connectivity index (χ0v) is 9.04. The third kappa shape index (κ3) is 2.58. The van der Waals surface area contributed by atoms with Crippen LogP contribution in [-0.2, 0) is 4.74 Å². The van der Waals surface area contributed by atoms with Crippen molar-refractivity contribution in [1.82, 2.24) is 0 Å². The Labute approximate surface area is 86.5 Å². The van der Waals surface area contributed by atoms with Gasteiger partial charge < -0.3 is 10.5 Å². The van der Waals surface area contributed by atoms with E-state index in [1.54, 1.807) is 5.57 Å². The first-order chi connectivity index (χ1) is 6.74. The molecule has 2 atom stereocenters. The summed E-state index contributed by atoms with van der Waals surface area (Å²) in [4.78, 5) is 0. The van der Waals surface area contributed by atoms with Crippen molar-refractivity contribution in [3.05, 3.63) is 11.6 Å². The van der Waals surface area contributed by atoms with E-state index in [0.29, 0.717) is 18.2 Å². The number of hydrogen-bond donors (Lipinski definition) is 1. The molecule has 2 aliphatic rings. The second-order valence-corrected chi connectivity index (χ2v) is 4.72. The summed E-state index contributed by atoms with van der Waals surface area (Å²) in [6.07, 6.45) is 10.3. The normalized spacial score (nSPS) is 38.7. The van der Waals surface area contributed by atoms with Crippen molar-refractivity contribution >= 4 is 0 Å². The van der Waals surface area contributed by atoms with E-state index in [-0.39, 0.29) is 0 Å². The molecule has 2 N–H and O–H groups in total. The van der Waals surface area contributed by atoms with Gasteiger partial charge in [-0.15, -0.1) is 0 Å². The van der Waals surface area contributed by atoms with Gasteiger partial charge in [-0.1, -0.05) is 11.6 Å². The number of allylic oxidation sites excluding steroid dienone is 1. The third-order valence-corrected chi connectivity index (χ3v) is 3.36. The SMILES string of the molecule is CC1CCC(C=C2CCC(N)CC2)O1. The molecular formula is C12H21NO. The number of nitrogens with two attached hydrogens (primary N) is 1. The highest BCUT2D eigenvalue weighted by molar-refractivity contribution is 5.09. The Morgan fingerprint density at radius 3 is 2.50 bits per heavy atom. The van der Waals surface area contributed by atoms with Gasteiger partial charge >= 0.3 is 0 Å². The molecule has 1 aliphatic heterocycles. The topological polar surface area (TPSA) is 35.2 Å². The van der Waals surface area contributed by atoms with Crippen LogP contribution < -0.4 is 5.73 Å². The van der Waals surface area contributed by atoms with Gasteiger partial charge in [0.05, 0.1) is 12.2 Å². The van der Waals surface area contributed by atoms with E-state index in [0.717, 1.165) is 12.8 Å². The van der Waals surface area contributed by atoms with Gasteiger partial charge in [-0.05, 0) is 45.4 Å². The molecule has 2 rings (SSSR count). The second kappa shape index (κ2) is 4.45.